The van der Waals surface area contributed by atoms with Crippen molar-refractivity contribution in [3.8, 4) is 6.01 Å². The first-order chi connectivity index (χ1) is 9.74. The van der Waals surface area contributed by atoms with Crippen LogP contribution in [0, 0.1) is 0 Å². The van der Waals surface area contributed by atoms with Gasteiger partial charge in [0.25, 0.3) is 0 Å². The molecule has 104 valence electrons. The predicted molar refractivity (Wildman–Crippen MR) is 76.7 cm³/mol. The number of benzene rings is 1. The maximum absolute atomic E-state index is 12.3. The lowest BCUT2D eigenvalue weighted by Gasteiger charge is -2.15. The Balaban J connectivity index is 2.09. The molecule has 0 fully saturated rings. The van der Waals surface area contributed by atoms with Gasteiger partial charge in [0.2, 0.25) is 5.91 Å². The van der Waals surface area contributed by atoms with Gasteiger partial charge in [-0.1, -0.05) is 37.3 Å². The number of carbonyl (C=O) groups excluding carboxylic acids is 1. The van der Waals surface area contributed by atoms with Crippen LogP contribution in [0.5, 0.6) is 6.01 Å². The quantitative estimate of drug-likeness (QED) is 0.908. The Bertz CT molecular complexity index is 555. The van der Waals surface area contributed by atoms with E-state index in [4.69, 9.17) is 4.74 Å². The van der Waals surface area contributed by atoms with E-state index < -0.39 is 0 Å². The van der Waals surface area contributed by atoms with Crippen molar-refractivity contribution in [3.63, 3.8) is 0 Å². The van der Waals surface area contributed by atoms with E-state index in [-0.39, 0.29) is 17.8 Å². The molecule has 0 aliphatic heterocycles. The number of hydrogen-bond acceptors (Lipinski definition) is 4. The molecule has 0 saturated carbocycles. The summed E-state index contributed by atoms with van der Waals surface area (Å²) in [5.74, 6) is -0.245. The first kappa shape index (κ1) is 14.0. The van der Waals surface area contributed by atoms with Crippen LogP contribution in [0.25, 0.3) is 0 Å². The molecule has 20 heavy (non-hydrogen) atoms. The highest BCUT2D eigenvalue weighted by molar-refractivity contribution is 5.95. The van der Waals surface area contributed by atoms with Crippen molar-refractivity contribution in [3.05, 3.63) is 48.3 Å². The molecule has 5 nitrogen and oxygen atoms in total. The SMILES string of the molecule is CC[C@H](C(=O)Nc1cnc(OC)nc1)c1ccccc1. The lowest BCUT2D eigenvalue weighted by molar-refractivity contribution is -0.117. The van der Waals surface area contributed by atoms with Crippen molar-refractivity contribution in [2.75, 3.05) is 12.4 Å². The average molecular weight is 271 g/mol. The smallest absolute Gasteiger partial charge is 0.316 e. The summed E-state index contributed by atoms with van der Waals surface area (Å²) in [4.78, 5) is 20.2. The third-order valence-electron chi connectivity index (χ3n) is 3.00. The molecule has 0 aliphatic rings. The molecule has 0 radical (unpaired) electrons. The van der Waals surface area contributed by atoms with E-state index in [9.17, 15) is 4.79 Å². The van der Waals surface area contributed by atoms with Gasteiger partial charge in [0, 0.05) is 0 Å². The summed E-state index contributed by atoms with van der Waals surface area (Å²) >= 11 is 0. The maximum Gasteiger partial charge on any atom is 0.316 e. The van der Waals surface area contributed by atoms with E-state index in [2.05, 4.69) is 15.3 Å². The van der Waals surface area contributed by atoms with Crippen LogP contribution in [0.2, 0.25) is 0 Å². The third kappa shape index (κ3) is 3.32. The summed E-state index contributed by atoms with van der Waals surface area (Å²) in [6, 6.07) is 9.99. The normalized spacial score (nSPS) is 11.7. The molecule has 1 N–H and O–H groups in total. The molecular weight excluding hydrogens is 254 g/mol. The van der Waals surface area contributed by atoms with Crippen LogP contribution >= 0.6 is 0 Å². The minimum absolute atomic E-state index is 0.0625. The number of aromatic nitrogens is 2. The van der Waals surface area contributed by atoms with E-state index in [0.717, 1.165) is 12.0 Å². The van der Waals surface area contributed by atoms with Gasteiger partial charge in [-0.2, -0.15) is 0 Å². The summed E-state index contributed by atoms with van der Waals surface area (Å²) in [5, 5.41) is 2.82. The van der Waals surface area contributed by atoms with E-state index in [0.29, 0.717) is 5.69 Å². The molecule has 0 bridgehead atoms. The van der Waals surface area contributed by atoms with Crippen LogP contribution in [-0.2, 0) is 4.79 Å². The van der Waals surface area contributed by atoms with Gasteiger partial charge in [0.05, 0.1) is 31.1 Å². The van der Waals surface area contributed by atoms with E-state index in [1.54, 1.807) is 0 Å². The monoisotopic (exact) mass is 271 g/mol. The fraction of sp³-hybridized carbons (Fsp3) is 0.267. The zero-order valence-electron chi connectivity index (χ0n) is 11.5. The average Bonchev–Trinajstić information content (AvgIpc) is 2.50. The standard InChI is InChI=1S/C15H17N3O2/c1-3-13(11-7-5-4-6-8-11)14(19)18-12-9-16-15(20-2)17-10-12/h4-10,13H,3H2,1-2H3,(H,18,19)/t13-/m0/s1. The minimum Gasteiger partial charge on any atom is -0.467 e. The van der Waals surface area contributed by atoms with Crippen molar-refractivity contribution in [2.45, 2.75) is 19.3 Å². The molecular formula is C15H17N3O2. The van der Waals surface area contributed by atoms with Crippen molar-refractivity contribution in [1.29, 1.82) is 0 Å². The van der Waals surface area contributed by atoms with Gasteiger partial charge in [-0.3, -0.25) is 4.79 Å². The van der Waals surface area contributed by atoms with Crippen LogP contribution in [0.1, 0.15) is 24.8 Å². The van der Waals surface area contributed by atoms with Crippen LogP contribution in [0.3, 0.4) is 0 Å². The Morgan fingerprint density at radius 1 is 1.25 bits per heavy atom. The molecule has 5 heteroatoms. The fourth-order valence-electron chi connectivity index (χ4n) is 1.97. The zero-order chi connectivity index (χ0) is 14.4. The molecule has 0 unspecified atom stereocenters. The number of nitrogens with zero attached hydrogens (tertiary/aromatic N) is 2. The Kier molecular flexibility index (Phi) is 4.65. The van der Waals surface area contributed by atoms with Gasteiger partial charge in [-0.05, 0) is 12.0 Å². The second-order valence-corrected chi connectivity index (χ2v) is 4.32. The van der Waals surface area contributed by atoms with E-state index in [1.807, 2.05) is 37.3 Å². The molecule has 1 aromatic heterocycles. The summed E-state index contributed by atoms with van der Waals surface area (Å²) in [5.41, 5.74) is 1.56. The molecule has 1 atom stereocenters. The second kappa shape index (κ2) is 6.65. The molecule has 1 aromatic carbocycles. The summed E-state index contributed by atoms with van der Waals surface area (Å²) in [6.45, 7) is 1.99. The summed E-state index contributed by atoms with van der Waals surface area (Å²) in [6.07, 6.45) is 3.79. The number of nitrogens with one attached hydrogen (secondary N) is 1. The fourth-order valence-corrected chi connectivity index (χ4v) is 1.97. The van der Waals surface area contributed by atoms with Gasteiger partial charge in [0.1, 0.15) is 0 Å². The highest BCUT2D eigenvalue weighted by atomic mass is 16.5. The number of carbonyl (C=O) groups is 1. The maximum atomic E-state index is 12.3. The lowest BCUT2D eigenvalue weighted by atomic mass is 9.95. The first-order valence-electron chi connectivity index (χ1n) is 6.46. The molecule has 2 aromatic rings. The summed E-state index contributed by atoms with van der Waals surface area (Å²) < 4.78 is 4.88. The van der Waals surface area contributed by atoms with Crippen molar-refractivity contribution < 1.29 is 9.53 Å². The topological polar surface area (TPSA) is 64.1 Å². The van der Waals surface area contributed by atoms with Gasteiger partial charge < -0.3 is 10.1 Å². The molecule has 1 amide bonds. The number of amides is 1. The first-order valence-corrected chi connectivity index (χ1v) is 6.46. The highest BCUT2D eigenvalue weighted by Crippen LogP contribution is 2.21. The molecule has 0 spiro atoms. The number of hydrogen-bond donors (Lipinski definition) is 1. The predicted octanol–water partition coefficient (Wildman–Crippen LogP) is 2.62. The Hall–Kier alpha value is -2.43. The Morgan fingerprint density at radius 2 is 1.90 bits per heavy atom. The van der Waals surface area contributed by atoms with Crippen LogP contribution < -0.4 is 10.1 Å². The highest BCUT2D eigenvalue weighted by Gasteiger charge is 2.18. The molecule has 0 saturated heterocycles. The number of methoxy groups -OCH3 is 1. The Labute approximate surface area is 118 Å². The largest absolute Gasteiger partial charge is 0.467 e. The zero-order valence-corrected chi connectivity index (χ0v) is 11.5. The molecule has 1 heterocycles. The van der Waals surface area contributed by atoms with Gasteiger partial charge in [0.15, 0.2) is 0 Å². The second-order valence-electron chi connectivity index (χ2n) is 4.32. The van der Waals surface area contributed by atoms with E-state index in [1.165, 1.54) is 19.5 Å². The van der Waals surface area contributed by atoms with Crippen LogP contribution in [0.15, 0.2) is 42.7 Å². The van der Waals surface area contributed by atoms with Gasteiger partial charge in [-0.25, -0.2) is 9.97 Å². The number of anilines is 1. The van der Waals surface area contributed by atoms with Crippen LogP contribution in [0.4, 0.5) is 5.69 Å². The van der Waals surface area contributed by atoms with Crippen LogP contribution in [-0.4, -0.2) is 23.0 Å². The summed E-state index contributed by atoms with van der Waals surface area (Å²) in [7, 11) is 1.50. The van der Waals surface area contributed by atoms with Gasteiger partial charge >= 0.3 is 6.01 Å². The molecule has 2 rings (SSSR count). The van der Waals surface area contributed by atoms with Gasteiger partial charge in [-0.15, -0.1) is 0 Å². The third-order valence-corrected chi connectivity index (χ3v) is 3.00. The number of rotatable bonds is 5. The number of ether oxygens (including phenoxy) is 1. The van der Waals surface area contributed by atoms with E-state index >= 15 is 0 Å². The van der Waals surface area contributed by atoms with Crippen molar-refractivity contribution in [2.24, 2.45) is 0 Å². The van der Waals surface area contributed by atoms with Crippen molar-refractivity contribution in [1.82, 2.24) is 9.97 Å². The lowest BCUT2D eigenvalue weighted by Crippen LogP contribution is -2.20. The minimum atomic E-state index is -0.182. The van der Waals surface area contributed by atoms with Crippen molar-refractivity contribution >= 4 is 11.6 Å². The Morgan fingerprint density at radius 3 is 2.45 bits per heavy atom. The molecule has 0 aliphatic carbocycles.